The molecule has 1 heterocycles. The molecular formula is C21H33NO. The Balaban J connectivity index is 1.20. The molecule has 2 atom stereocenters. The zero-order valence-electron chi connectivity index (χ0n) is 14.6. The van der Waals surface area contributed by atoms with Crippen LogP contribution >= 0.6 is 0 Å². The number of nitrogens with zero attached hydrogens (tertiary/aromatic N) is 1. The van der Waals surface area contributed by atoms with Crippen LogP contribution in [0.3, 0.4) is 0 Å². The van der Waals surface area contributed by atoms with Crippen molar-refractivity contribution in [3.8, 4) is 0 Å². The van der Waals surface area contributed by atoms with Crippen LogP contribution in [-0.4, -0.2) is 37.7 Å². The molecule has 0 bridgehead atoms. The first kappa shape index (κ1) is 17.0. The van der Waals surface area contributed by atoms with E-state index in [0.29, 0.717) is 0 Å². The Morgan fingerprint density at radius 2 is 1.70 bits per heavy atom. The first-order valence-corrected chi connectivity index (χ1v) is 9.76. The molecule has 1 aliphatic carbocycles. The third kappa shape index (κ3) is 5.61. The molecule has 2 fully saturated rings. The lowest BCUT2D eigenvalue weighted by molar-refractivity contribution is 0.0716. The number of piperidine rings is 1. The largest absolute Gasteiger partial charge is 0.381 e. The number of likely N-dealkylation sites (tertiary alicyclic amines) is 1. The number of aryl methyl sites for hydroxylation is 1. The number of hydrogen-bond donors (Lipinski definition) is 0. The first-order chi connectivity index (χ1) is 11.4. The average Bonchev–Trinajstić information content (AvgIpc) is 2.61. The van der Waals surface area contributed by atoms with E-state index in [1.54, 1.807) is 0 Å². The van der Waals surface area contributed by atoms with Gasteiger partial charge in [0.1, 0.15) is 0 Å². The Bertz CT molecular complexity index is 433. The van der Waals surface area contributed by atoms with Crippen molar-refractivity contribution >= 4 is 0 Å². The minimum atomic E-state index is 0.902. The molecule has 1 saturated heterocycles. The zero-order chi connectivity index (χ0) is 15.7. The molecule has 1 aromatic carbocycles. The van der Waals surface area contributed by atoms with E-state index >= 15 is 0 Å². The second-order valence-corrected chi connectivity index (χ2v) is 7.45. The van der Waals surface area contributed by atoms with Gasteiger partial charge in [-0.3, -0.25) is 0 Å². The fourth-order valence-corrected chi connectivity index (χ4v) is 4.39. The van der Waals surface area contributed by atoms with Gasteiger partial charge in [-0.25, -0.2) is 0 Å². The minimum Gasteiger partial charge on any atom is -0.381 e. The van der Waals surface area contributed by atoms with Crippen LogP contribution in [0.1, 0.15) is 50.5 Å². The van der Waals surface area contributed by atoms with E-state index in [1.165, 1.54) is 63.7 Å². The summed E-state index contributed by atoms with van der Waals surface area (Å²) in [4.78, 5) is 2.69. The van der Waals surface area contributed by atoms with Gasteiger partial charge in [-0.2, -0.15) is 0 Å². The predicted octanol–water partition coefficient (Wildman–Crippen LogP) is 4.54. The van der Waals surface area contributed by atoms with Crippen LogP contribution in [0, 0.1) is 11.8 Å². The Labute approximate surface area is 142 Å². The molecule has 0 N–H and O–H groups in total. The maximum absolute atomic E-state index is 5.83. The van der Waals surface area contributed by atoms with Crippen LogP contribution < -0.4 is 0 Å². The van der Waals surface area contributed by atoms with E-state index in [0.717, 1.165) is 37.9 Å². The van der Waals surface area contributed by atoms with Gasteiger partial charge in [-0.05, 0) is 56.0 Å². The molecule has 2 unspecified atom stereocenters. The van der Waals surface area contributed by atoms with Crippen LogP contribution in [0.25, 0.3) is 0 Å². The van der Waals surface area contributed by atoms with Gasteiger partial charge < -0.3 is 9.64 Å². The molecule has 128 valence electrons. The average molecular weight is 316 g/mol. The Hall–Kier alpha value is -0.860. The van der Waals surface area contributed by atoms with Crippen molar-refractivity contribution in [1.29, 1.82) is 0 Å². The van der Waals surface area contributed by atoms with Gasteiger partial charge in [0.15, 0.2) is 0 Å². The van der Waals surface area contributed by atoms with E-state index in [1.807, 2.05) is 0 Å². The van der Waals surface area contributed by atoms with Gasteiger partial charge in [0.25, 0.3) is 0 Å². The molecule has 1 saturated carbocycles. The monoisotopic (exact) mass is 315 g/mol. The van der Waals surface area contributed by atoms with E-state index in [9.17, 15) is 0 Å². The van der Waals surface area contributed by atoms with Crippen molar-refractivity contribution in [2.24, 2.45) is 11.8 Å². The highest BCUT2D eigenvalue weighted by molar-refractivity contribution is 5.14. The third-order valence-electron chi connectivity index (χ3n) is 5.74. The summed E-state index contributed by atoms with van der Waals surface area (Å²) >= 11 is 0. The van der Waals surface area contributed by atoms with Crippen LogP contribution in [0.2, 0.25) is 0 Å². The normalized spacial score (nSPS) is 25.2. The molecule has 0 amide bonds. The maximum atomic E-state index is 5.83. The highest BCUT2D eigenvalue weighted by Gasteiger charge is 2.30. The third-order valence-corrected chi connectivity index (χ3v) is 5.74. The summed E-state index contributed by atoms with van der Waals surface area (Å²) in [6.07, 6.45) is 10.9. The Morgan fingerprint density at radius 1 is 0.913 bits per heavy atom. The van der Waals surface area contributed by atoms with Gasteiger partial charge >= 0.3 is 0 Å². The molecule has 0 spiro atoms. The first-order valence-electron chi connectivity index (χ1n) is 9.76. The van der Waals surface area contributed by atoms with Crippen LogP contribution in [0.5, 0.6) is 0 Å². The van der Waals surface area contributed by atoms with Gasteiger partial charge in [0, 0.05) is 26.3 Å². The maximum Gasteiger partial charge on any atom is 0.0478 e. The fourth-order valence-electron chi connectivity index (χ4n) is 4.39. The van der Waals surface area contributed by atoms with Crippen molar-refractivity contribution < 1.29 is 4.74 Å². The van der Waals surface area contributed by atoms with Gasteiger partial charge in [0.05, 0.1) is 0 Å². The van der Waals surface area contributed by atoms with Crippen molar-refractivity contribution in [2.75, 3.05) is 32.8 Å². The second kappa shape index (κ2) is 9.44. The number of ether oxygens (including phenoxy) is 1. The summed E-state index contributed by atoms with van der Waals surface area (Å²) < 4.78 is 5.83. The Morgan fingerprint density at radius 3 is 2.57 bits per heavy atom. The van der Waals surface area contributed by atoms with Crippen molar-refractivity contribution in [1.82, 2.24) is 4.90 Å². The topological polar surface area (TPSA) is 12.5 Å². The van der Waals surface area contributed by atoms with Crippen molar-refractivity contribution in [2.45, 2.75) is 51.4 Å². The quantitative estimate of drug-likeness (QED) is 0.653. The highest BCUT2D eigenvalue weighted by Crippen LogP contribution is 2.35. The van der Waals surface area contributed by atoms with E-state index in [4.69, 9.17) is 4.74 Å². The van der Waals surface area contributed by atoms with E-state index in [-0.39, 0.29) is 0 Å². The van der Waals surface area contributed by atoms with Crippen molar-refractivity contribution in [3.63, 3.8) is 0 Å². The number of rotatable bonds is 8. The summed E-state index contributed by atoms with van der Waals surface area (Å²) in [6, 6.07) is 10.7. The van der Waals surface area contributed by atoms with Crippen molar-refractivity contribution in [3.05, 3.63) is 35.9 Å². The molecule has 2 nitrogen and oxygen atoms in total. The lowest BCUT2D eigenvalue weighted by Gasteiger charge is -2.41. The van der Waals surface area contributed by atoms with E-state index < -0.39 is 0 Å². The summed E-state index contributed by atoms with van der Waals surface area (Å²) in [5, 5.41) is 0. The molecule has 1 aliphatic heterocycles. The molecule has 0 radical (unpaired) electrons. The number of fused-ring (bicyclic) bond motifs is 1. The molecule has 3 rings (SSSR count). The minimum absolute atomic E-state index is 0.902. The lowest BCUT2D eigenvalue weighted by Crippen LogP contribution is -2.42. The lowest BCUT2D eigenvalue weighted by atomic mass is 9.75. The highest BCUT2D eigenvalue weighted by atomic mass is 16.5. The predicted molar refractivity (Wildman–Crippen MR) is 96.7 cm³/mol. The molecule has 23 heavy (non-hydrogen) atoms. The van der Waals surface area contributed by atoms with Gasteiger partial charge in [0.2, 0.25) is 0 Å². The summed E-state index contributed by atoms with van der Waals surface area (Å²) in [7, 11) is 0. The fraction of sp³-hybridized carbons (Fsp3) is 0.714. The SMILES string of the molecule is c1ccc(CCCOCCCN2CCC3CCCCC3C2)cc1. The molecular weight excluding hydrogens is 282 g/mol. The number of hydrogen-bond acceptors (Lipinski definition) is 2. The summed E-state index contributed by atoms with van der Waals surface area (Å²) in [5.74, 6) is 2.05. The van der Waals surface area contributed by atoms with Crippen LogP contribution in [-0.2, 0) is 11.2 Å². The van der Waals surface area contributed by atoms with Crippen LogP contribution in [0.15, 0.2) is 30.3 Å². The Kier molecular flexibility index (Phi) is 6.97. The standard InChI is InChI=1S/C21H33NO/c1-2-8-19(9-3-1)10-6-16-23-17-7-14-22-15-13-20-11-4-5-12-21(20)18-22/h1-3,8-9,20-21H,4-7,10-18H2. The van der Waals surface area contributed by atoms with Gasteiger partial charge in [-0.15, -0.1) is 0 Å². The molecule has 1 aromatic rings. The van der Waals surface area contributed by atoms with E-state index in [2.05, 4.69) is 35.2 Å². The zero-order valence-corrected chi connectivity index (χ0v) is 14.6. The van der Waals surface area contributed by atoms with Gasteiger partial charge in [-0.1, -0.05) is 49.6 Å². The number of benzene rings is 1. The van der Waals surface area contributed by atoms with Crippen LogP contribution in [0.4, 0.5) is 0 Å². The molecule has 2 heteroatoms. The summed E-state index contributed by atoms with van der Waals surface area (Å²) in [5.41, 5.74) is 1.42. The smallest absolute Gasteiger partial charge is 0.0478 e. The second-order valence-electron chi connectivity index (χ2n) is 7.45. The summed E-state index contributed by atoms with van der Waals surface area (Å²) in [6.45, 7) is 5.76. The molecule has 0 aromatic heterocycles. The molecule has 2 aliphatic rings.